The molecular weight excluding hydrogens is 234 g/mol. The van der Waals surface area contributed by atoms with Gasteiger partial charge in [-0.25, -0.2) is 0 Å². The summed E-state index contributed by atoms with van der Waals surface area (Å²) in [5.41, 5.74) is 2.50. The van der Waals surface area contributed by atoms with E-state index in [1.807, 2.05) is 0 Å². The minimum Gasteiger partial charge on any atom is -0.396 e. The Bertz CT molecular complexity index is 546. The molecule has 0 saturated carbocycles. The van der Waals surface area contributed by atoms with Gasteiger partial charge in [-0.2, -0.15) is 0 Å². The molecule has 1 N–H and O–H groups in total. The van der Waals surface area contributed by atoms with E-state index < -0.39 is 0 Å². The van der Waals surface area contributed by atoms with Crippen LogP contribution in [-0.2, 0) is 0 Å². The van der Waals surface area contributed by atoms with Crippen LogP contribution in [0, 0.1) is 12.8 Å². The lowest BCUT2D eigenvalue weighted by Crippen LogP contribution is -2.27. The van der Waals surface area contributed by atoms with Crippen molar-refractivity contribution >= 4 is 16.5 Å². The van der Waals surface area contributed by atoms with Gasteiger partial charge in [-0.15, -0.1) is 0 Å². The second kappa shape index (κ2) is 6.07. The van der Waals surface area contributed by atoms with E-state index in [0.717, 1.165) is 13.0 Å². The van der Waals surface area contributed by atoms with Gasteiger partial charge in [-0.3, -0.25) is 0 Å². The summed E-state index contributed by atoms with van der Waals surface area (Å²) in [5.74, 6) is 0.346. The first-order valence-corrected chi connectivity index (χ1v) is 6.96. The zero-order chi connectivity index (χ0) is 13.8. The first-order chi connectivity index (χ1) is 9.13. The van der Waals surface area contributed by atoms with Gasteiger partial charge in [0.05, 0.1) is 0 Å². The standard InChI is InChI=1S/C17H23NO/c1-4-14(12-19)11-18(3)17-8-7-15-9-13(2)5-6-16(15)10-17/h5-10,14,19H,4,11-12H2,1-3H3. The van der Waals surface area contributed by atoms with Gasteiger partial charge >= 0.3 is 0 Å². The van der Waals surface area contributed by atoms with Gasteiger partial charge in [0.1, 0.15) is 0 Å². The predicted octanol–water partition coefficient (Wildman–Crippen LogP) is 3.60. The van der Waals surface area contributed by atoms with E-state index in [1.54, 1.807) is 0 Å². The Labute approximate surface area is 115 Å². The topological polar surface area (TPSA) is 23.5 Å². The van der Waals surface area contributed by atoms with Crippen LogP contribution in [0.15, 0.2) is 36.4 Å². The van der Waals surface area contributed by atoms with Gasteiger partial charge in [0.15, 0.2) is 0 Å². The van der Waals surface area contributed by atoms with Crippen LogP contribution in [0.4, 0.5) is 5.69 Å². The Morgan fingerprint density at radius 1 is 1.11 bits per heavy atom. The molecule has 0 spiro atoms. The van der Waals surface area contributed by atoms with Gasteiger partial charge in [0, 0.05) is 25.9 Å². The molecule has 0 aliphatic carbocycles. The number of nitrogens with zero attached hydrogens (tertiary/aromatic N) is 1. The fourth-order valence-corrected chi connectivity index (χ4v) is 2.40. The monoisotopic (exact) mass is 257 g/mol. The number of aliphatic hydroxyl groups excluding tert-OH is 1. The maximum Gasteiger partial charge on any atom is 0.0476 e. The molecule has 1 unspecified atom stereocenters. The summed E-state index contributed by atoms with van der Waals surface area (Å²) in [6, 6.07) is 13.1. The number of aryl methyl sites for hydroxylation is 1. The van der Waals surface area contributed by atoms with Crippen LogP contribution in [0.2, 0.25) is 0 Å². The molecule has 0 saturated heterocycles. The van der Waals surface area contributed by atoms with E-state index in [9.17, 15) is 5.11 Å². The van der Waals surface area contributed by atoms with Crippen LogP contribution in [0.3, 0.4) is 0 Å². The molecule has 0 radical (unpaired) electrons. The zero-order valence-corrected chi connectivity index (χ0v) is 12.1. The number of fused-ring (bicyclic) bond motifs is 1. The average molecular weight is 257 g/mol. The molecule has 0 aliphatic heterocycles. The molecule has 2 aromatic rings. The Morgan fingerprint density at radius 2 is 1.79 bits per heavy atom. The number of rotatable bonds is 5. The second-order valence-corrected chi connectivity index (χ2v) is 5.37. The third kappa shape index (κ3) is 3.27. The van der Waals surface area contributed by atoms with Crippen molar-refractivity contribution in [3.05, 3.63) is 42.0 Å². The number of anilines is 1. The normalized spacial score (nSPS) is 12.6. The molecule has 2 rings (SSSR count). The Hall–Kier alpha value is -1.54. The van der Waals surface area contributed by atoms with E-state index in [0.29, 0.717) is 5.92 Å². The van der Waals surface area contributed by atoms with Crippen LogP contribution in [0.5, 0.6) is 0 Å². The Morgan fingerprint density at radius 3 is 2.47 bits per heavy atom. The Balaban J connectivity index is 2.23. The Kier molecular flexibility index (Phi) is 4.43. The highest BCUT2D eigenvalue weighted by Crippen LogP contribution is 2.23. The lowest BCUT2D eigenvalue weighted by Gasteiger charge is -2.24. The number of hydrogen-bond acceptors (Lipinski definition) is 2. The van der Waals surface area contributed by atoms with Crippen molar-refractivity contribution in [3.63, 3.8) is 0 Å². The van der Waals surface area contributed by atoms with Crippen molar-refractivity contribution in [2.24, 2.45) is 5.92 Å². The van der Waals surface area contributed by atoms with E-state index >= 15 is 0 Å². The fraction of sp³-hybridized carbons (Fsp3) is 0.412. The highest BCUT2D eigenvalue weighted by atomic mass is 16.3. The van der Waals surface area contributed by atoms with Gasteiger partial charge in [0.2, 0.25) is 0 Å². The van der Waals surface area contributed by atoms with Crippen molar-refractivity contribution in [2.45, 2.75) is 20.3 Å². The summed E-state index contributed by atoms with van der Waals surface area (Å²) >= 11 is 0. The predicted molar refractivity (Wildman–Crippen MR) is 82.8 cm³/mol. The highest BCUT2D eigenvalue weighted by Gasteiger charge is 2.09. The number of aliphatic hydroxyl groups is 1. The SMILES string of the molecule is CCC(CO)CN(C)c1ccc2cc(C)ccc2c1. The van der Waals surface area contributed by atoms with Gasteiger partial charge in [-0.05, 0) is 42.2 Å². The lowest BCUT2D eigenvalue weighted by atomic mass is 10.0. The average Bonchev–Trinajstić information content (AvgIpc) is 2.43. The smallest absolute Gasteiger partial charge is 0.0476 e. The second-order valence-electron chi connectivity index (χ2n) is 5.37. The largest absolute Gasteiger partial charge is 0.396 e. The molecule has 0 bridgehead atoms. The van der Waals surface area contributed by atoms with Crippen molar-refractivity contribution in [2.75, 3.05) is 25.1 Å². The van der Waals surface area contributed by atoms with Crippen molar-refractivity contribution in [1.29, 1.82) is 0 Å². The van der Waals surface area contributed by atoms with Crippen molar-refractivity contribution in [3.8, 4) is 0 Å². The van der Waals surface area contributed by atoms with E-state index in [-0.39, 0.29) is 6.61 Å². The van der Waals surface area contributed by atoms with Crippen LogP contribution in [0.1, 0.15) is 18.9 Å². The fourth-order valence-electron chi connectivity index (χ4n) is 2.40. The van der Waals surface area contributed by atoms with Crippen LogP contribution in [-0.4, -0.2) is 25.3 Å². The molecule has 19 heavy (non-hydrogen) atoms. The van der Waals surface area contributed by atoms with Gasteiger partial charge in [0.25, 0.3) is 0 Å². The molecule has 0 aromatic heterocycles. The van der Waals surface area contributed by atoms with Gasteiger partial charge < -0.3 is 10.0 Å². The maximum atomic E-state index is 9.30. The summed E-state index contributed by atoms with van der Waals surface area (Å²) in [6.07, 6.45) is 1.01. The lowest BCUT2D eigenvalue weighted by molar-refractivity contribution is 0.225. The summed E-state index contributed by atoms with van der Waals surface area (Å²) in [7, 11) is 2.09. The molecule has 1 atom stereocenters. The highest BCUT2D eigenvalue weighted by molar-refractivity contribution is 5.86. The third-order valence-corrected chi connectivity index (χ3v) is 3.79. The first-order valence-electron chi connectivity index (χ1n) is 6.96. The molecule has 2 nitrogen and oxygen atoms in total. The van der Waals surface area contributed by atoms with E-state index in [1.165, 1.54) is 22.0 Å². The zero-order valence-electron chi connectivity index (χ0n) is 12.1. The summed E-state index contributed by atoms with van der Waals surface area (Å²) in [4.78, 5) is 2.23. The summed E-state index contributed by atoms with van der Waals surface area (Å²) in [5, 5.41) is 11.9. The molecule has 0 aliphatic rings. The molecule has 2 aromatic carbocycles. The minimum atomic E-state index is 0.258. The van der Waals surface area contributed by atoms with Crippen molar-refractivity contribution in [1.82, 2.24) is 0 Å². The molecule has 0 heterocycles. The minimum absolute atomic E-state index is 0.258. The van der Waals surface area contributed by atoms with E-state index in [4.69, 9.17) is 0 Å². The van der Waals surface area contributed by atoms with Crippen molar-refractivity contribution < 1.29 is 5.11 Å². The van der Waals surface area contributed by atoms with Crippen LogP contribution >= 0.6 is 0 Å². The van der Waals surface area contributed by atoms with Gasteiger partial charge in [-0.1, -0.05) is 36.8 Å². The number of benzene rings is 2. The summed E-state index contributed by atoms with van der Waals surface area (Å²) < 4.78 is 0. The number of hydrogen-bond donors (Lipinski definition) is 1. The summed E-state index contributed by atoms with van der Waals surface area (Å²) in [6.45, 7) is 5.39. The van der Waals surface area contributed by atoms with Crippen LogP contribution in [0.25, 0.3) is 10.8 Å². The first kappa shape index (κ1) is 13.9. The molecule has 0 fully saturated rings. The quantitative estimate of drug-likeness (QED) is 0.884. The maximum absolute atomic E-state index is 9.30. The molecule has 2 heteroatoms. The van der Waals surface area contributed by atoms with Crippen LogP contribution < -0.4 is 4.90 Å². The van der Waals surface area contributed by atoms with E-state index in [2.05, 4.69) is 62.2 Å². The molecule has 102 valence electrons. The molecule has 0 amide bonds. The third-order valence-electron chi connectivity index (χ3n) is 3.79. The molecular formula is C17H23NO.